The van der Waals surface area contributed by atoms with E-state index in [4.69, 9.17) is 14.2 Å². The van der Waals surface area contributed by atoms with Crippen LogP contribution < -0.4 is 11.2 Å². The predicted octanol–water partition coefficient (Wildman–Crippen LogP) is -0.425. The molecule has 0 fully saturated rings. The molecule has 0 N–H and O–H groups in total. The average Bonchev–Trinajstić information content (AvgIpc) is 2.55. The molecule has 2 heterocycles. The normalized spacial score (nSPS) is 22.5. The maximum Gasteiger partial charge on any atom is 0.330 e. The van der Waals surface area contributed by atoms with Crippen LogP contribution in [0.4, 0.5) is 0 Å². The van der Waals surface area contributed by atoms with Crippen LogP contribution in [0.15, 0.2) is 27.9 Å². The molecule has 0 saturated heterocycles. The summed E-state index contributed by atoms with van der Waals surface area (Å²) in [5.74, 6) is -1.02. The highest BCUT2D eigenvalue weighted by molar-refractivity contribution is 5.66. The van der Waals surface area contributed by atoms with Crippen molar-refractivity contribution in [1.29, 1.82) is 0 Å². The topological polar surface area (TPSA) is 106 Å². The molecule has 1 aliphatic heterocycles. The van der Waals surface area contributed by atoms with Crippen LogP contribution in [0.2, 0.25) is 0 Å². The SMILES string of the molecule is CC(=O)OC[C@H]1O[C@H](c2cn(C)c(=O)n(C)c2=O)C=C[C@@H]1OC(C)=O. The summed E-state index contributed by atoms with van der Waals surface area (Å²) in [5.41, 5.74) is -0.701. The third-order valence-electron chi connectivity index (χ3n) is 3.70. The Bertz CT molecular complexity index is 821. The second-order valence-corrected chi connectivity index (χ2v) is 5.70. The fourth-order valence-corrected chi connectivity index (χ4v) is 2.49. The number of carbonyl (C=O) groups excluding carboxylic acids is 2. The minimum atomic E-state index is -0.773. The van der Waals surface area contributed by atoms with Gasteiger partial charge in [-0.25, -0.2) is 4.79 Å². The molecular formula is C16H20N2O7. The summed E-state index contributed by atoms with van der Waals surface area (Å²) in [5, 5.41) is 0. The van der Waals surface area contributed by atoms with Crippen molar-refractivity contribution >= 4 is 11.9 Å². The van der Waals surface area contributed by atoms with Gasteiger partial charge in [0.1, 0.15) is 24.9 Å². The van der Waals surface area contributed by atoms with Gasteiger partial charge in [-0.15, -0.1) is 0 Å². The molecule has 0 radical (unpaired) electrons. The molecule has 9 heteroatoms. The van der Waals surface area contributed by atoms with Gasteiger partial charge < -0.3 is 18.8 Å². The number of aryl methyl sites for hydroxylation is 1. The standard InChI is InChI=1S/C16H20N2O7/c1-9(19)23-8-14-13(24-10(2)20)6-5-12(25-14)11-7-17(3)16(22)18(4)15(11)21/h5-7,12-14H,8H2,1-4H3/t12-,13-,14+/m0/s1. The lowest BCUT2D eigenvalue weighted by Gasteiger charge is -2.31. The molecule has 1 aromatic heterocycles. The van der Waals surface area contributed by atoms with Gasteiger partial charge in [0.05, 0.1) is 5.56 Å². The van der Waals surface area contributed by atoms with Gasteiger partial charge in [0.15, 0.2) is 0 Å². The quantitative estimate of drug-likeness (QED) is 0.535. The minimum absolute atomic E-state index is 0.139. The third kappa shape index (κ3) is 4.24. The van der Waals surface area contributed by atoms with Gasteiger partial charge in [-0.3, -0.25) is 19.0 Å². The van der Waals surface area contributed by atoms with Crippen LogP contribution in [0.3, 0.4) is 0 Å². The van der Waals surface area contributed by atoms with Gasteiger partial charge in [0, 0.05) is 34.1 Å². The Balaban J connectivity index is 2.35. The van der Waals surface area contributed by atoms with Crippen LogP contribution in [0.25, 0.3) is 0 Å². The first kappa shape index (κ1) is 18.7. The van der Waals surface area contributed by atoms with Crippen LogP contribution in [0, 0.1) is 0 Å². The molecule has 0 aromatic carbocycles. The highest BCUT2D eigenvalue weighted by Gasteiger charge is 2.32. The van der Waals surface area contributed by atoms with Crippen molar-refractivity contribution in [3.05, 3.63) is 44.8 Å². The monoisotopic (exact) mass is 352 g/mol. The number of ether oxygens (including phenoxy) is 3. The molecular weight excluding hydrogens is 332 g/mol. The molecule has 9 nitrogen and oxygen atoms in total. The molecule has 25 heavy (non-hydrogen) atoms. The van der Waals surface area contributed by atoms with Crippen LogP contribution in [-0.4, -0.2) is 39.9 Å². The van der Waals surface area contributed by atoms with E-state index >= 15 is 0 Å². The minimum Gasteiger partial charge on any atom is -0.463 e. The maximum atomic E-state index is 12.3. The molecule has 1 aromatic rings. The number of hydrogen-bond acceptors (Lipinski definition) is 7. The Morgan fingerprint density at radius 3 is 2.44 bits per heavy atom. The van der Waals surface area contributed by atoms with Crippen molar-refractivity contribution < 1.29 is 23.8 Å². The molecule has 0 amide bonds. The zero-order chi connectivity index (χ0) is 18.7. The molecule has 0 saturated carbocycles. The molecule has 0 unspecified atom stereocenters. The van der Waals surface area contributed by atoms with Crippen molar-refractivity contribution in [1.82, 2.24) is 9.13 Å². The van der Waals surface area contributed by atoms with Gasteiger partial charge in [0.25, 0.3) is 5.56 Å². The molecule has 136 valence electrons. The Morgan fingerprint density at radius 2 is 1.84 bits per heavy atom. The van der Waals surface area contributed by atoms with Crippen LogP contribution in [-0.2, 0) is 37.9 Å². The van der Waals surface area contributed by atoms with Gasteiger partial charge in [-0.2, -0.15) is 0 Å². The predicted molar refractivity (Wildman–Crippen MR) is 85.9 cm³/mol. The van der Waals surface area contributed by atoms with Crippen molar-refractivity contribution in [2.24, 2.45) is 14.1 Å². The Labute approximate surface area is 143 Å². The van der Waals surface area contributed by atoms with Gasteiger partial charge in [0.2, 0.25) is 0 Å². The first-order valence-electron chi connectivity index (χ1n) is 7.61. The largest absolute Gasteiger partial charge is 0.463 e. The lowest BCUT2D eigenvalue weighted by Crippen LogP contribution is -2.43. The summed E-state index contributed by atoms with van der Waals surface area (Å²) in [6.07, 6.45) is 2.26. The summed E-state index contributed by atoms with van der Waals surface area (Å²) >= 11 is 0. The van der Waals surface area contributed by atoms with Gasteiger partial charge in [-0.1, -0.05) is 6.08 Å². The third-order valence-corrected chi connectivity index (χ3v) is 3.70. The molecule has 2 rings (SSSR count). The van der Waals surface area contributed by atoms with E-state index in [2.05, 4.69) is 0 Å². The number of nitrogens with zero attached hydrogens (tertiary/aromatic N) is 2. The second-order valence-electron chi connectivity index (χ2n) is 5.70. The first-order chi connectivity index (χ1) is 11.7. The lowest BCUT2D eigenvalue weighted by molar-refractivity contribution is -0.163. The summed E-state index contributed by atoms with van der Waals surface area (Å²) < 4.78 is 18.1. The van der Waals surface area contributed by atoms with E-state index in [1.165, 1.54) is 38.7 Å². The number of hydrogen-bond donors (Lipinski definition) is 0. The fraction of sp³-hybridized carbons (Fsp3) is 0.500. The van der Waals surface area contributed by atoms with Gasteiger partial charge >= 0.3 is 17.6 Å². The van der Waals surface area contributed by atoms with E-state index in [1.807, 2.05) is 0 Å². The zero-order valence-corrected chi connectivity index (χ0v) is 14.4. The zero-order valence-electron chi connectivity index (χ0n) is 14.4. The fourth-order valence-electron chi connectivity index (χ4n) is 2.49. The summed E-state index contributed by atoms with van der Waals surface area (Å²) in [6.45, 7) is 2.37. The first-order valence-corrected chi connectivity index (χ1v) is 7.61. The van der Waals surface area contributed by atoms with Crippen LogP contribution in [0.5, 0.6) is 0 Å². The Hall–Kier alpha value is -2.68. The van der Waals surface area contributed by atoms with Crippen LogP contribution in [0.1, 0.15) is 25.5 Å². The van der Waals surface area contributed by atoms with Crippen molar-refractivity contribution in [3.63, 3.8) is 0 Å². The summed E-state index contributed by atoms with van der Waals surface area (Å²) in [4.78, 5) is 46.4. The van der Waals surface area contributed by atoms with Crippen molar-refractivity contribution in [2.45, 2.75) is 32.2 Å². The smallest absolute Gasteiger partial charge is 0.330 e. The average molecular weight is 352 g/mol. The number of carbonyl (C=O) groups is 2. The highest BCUT2D eigenvalue weighted by atomic mass is 16.6. The van der Waals surface area contributed by atoms with E-state index in [0.717, 1.165) is 4.57 Å². The molecule has 0 bridgehead atoms. The van der Waals surface area contributed by atoms with E-state index in [9.17, 15) is 19.2 Å². The second kappa shape index (κ2) is 7.47. The number of aromatic nitrogens is 2. The number of rotatable bonds is 4. The molecule has 1 aliphatic rings. The Morgan fingerprint density at radius 1 is 1.16 bits per heavy atom. The van der Waals surface area contributed by atoms with E-state index in [-0.39, 0.29) is 12.2 Å². The van der Waals surface area contributed by atoms with E-state index < -0.39 is 41.5 Å². The van der Waals surface area contributed by atoms with Gasteiger partial charge in [-0.05, 0) is 6.08 Å². The van der Waals surface area contributed by atoms with Crippen molar-refractivity contribution in [2.75, 3.05) is 6.61 Å². The van der Waals surface area contributed by atoms with Crippen molar-refractivity contribution in [3.8, 4) is 0 Å². The van der Waals surface area contributed by atoms with E-state index in [1.54, 1.807) is 12.2 Å². The molecule has 0 spiro atoms. The summed E-state index contributed by atoms with van der Waals surface area (Å²) in [7, 11) is 2.90. The van der Waals surface area contributed by atoms with E-state index in [0.29, 0.717) is 0 Å². The Kier molecular flexibility index (Phi) is 5.58. The lowest BCUT2D eigenvalue weighted by atomic mass is 10.1. The highest BCUT2D eigenvalue weighted by Crippen LogP contribution is 2.26. The molecule has 0 aliphatic carbocycles. The molecule has 3 atom stereocenters. The maximum absolute atomic E-state index is 12.3. The summed E-state index contributed by atoms with van der Waals surface area (Å²) in [6, 6.07) is 0. The van der Waals surface area contributed by atoms with Crippen LogP contribution >= 0.6 is 0 Å². The number of esters is 2.